The van der Waals surface area contributed by atoms with Crippen molar-refractivity contribution in [2.45, 2.75) is 64.0 Å². The van der Waals surface area contributed by atoms with E-state index in [-0.39, 0.29) is 28.6 Å². The van der Waals surface area contributed by atoms with Gasteiger partial charge < -0.3 is 10.4 Å². The van der Waals surface area contributed by atoms with Gasteiger partial charge in [0, 0.05) is 22.7 Å². The van der Waals surface area contributed by atoms with Gasteiger partial charge in [-0.2, -0.15) is 0 Å². The fourth-order valence-electron chi connectivity index (χ4n) is 5.48. The molecule has 1 fully saturated rings. The van der Waals surface area contributed by atoms with E-state index >= 15 is 0 Å². The van der Waals surface area contributed by atoms with Crippen molar-refractivity contribution in [1.82, 2.24) is 9.55 Å². The van der Waals surface area contributed by atoms with Gasteiger partial charge in [-0.25, -0.2) is 9.78 Å². The Balaban J connectivity index is 1.66. The van der Waals surface area contributed by atoms with Crippen LogP contribution >= 0.6 is 0 Å². The molecule has 2 atom stereocenters. The molecule has 160 valence electrons. The Morgan fingerprint density at radius 2 is 2.03 bits per heavy atom. The van der Waals surface area contributed by atoms with Crippen molar-refractivity contribution in [3.8, 4) is 0 Å². The molecule has 0 bridgehead atoms. The van der Waals surface area contributed by atoms with Crippen molar-refractivity contribution in [1.29, 1.82) is 0 Å². The third kappa shape index (κ3) is 2.96. The molecule has 0 saturated heterocycles. The van der Waals surface area contributed by atoms with Crippen molar-refractivity contribution in [2.75, 3.05) is 5.32 Å². The lowest BCUT2D eigenvalue weighted by atomic mass is 9.66. The number of hydrogen-bond acceptors (Lipinski definition) is 4. The first kappa shape index (κ1) is 19.8. The second-order valence-electron chi connectivity index (χ2n) is 9.26. The Morgan fingerprint density at radius 1 is 1.29 bits per heavy atom. The number of para-hydroxylation sites is 1. The van der Waals surface area contributed by atoms with Gasteiger partial charge in [0.05, 0.1) is 22.5 Å². The summed E-state index contributed by atoms with van der Waals surface area (Å²) in [5.41, 5.74) is 3.51. The van der Waals surface area contributed by atoms with Gasteiger partial charge in [-0.3, -0.25) is 9.36 Å². The average molecular weight is 418 g/mol. The number of nitrogens with zero attached hydrogens (tertiary/aromatic N) is 2. The van der Waals surface area contributed by atoms with Crippen molar-refractivity contribution < 1.29 is 9.90 Å². The van der Waals surface area contributed by atoms with Crippen LogP contribution in [0.3, 0.4) is 0 Å². The summed E-state index contributed by atoms with van der Waals surface area (Å²) in [4.78, 5) is 30.2. The number of carboxylic acids is 1. The number of benzene rings is 2. The van der Waals surface area contributed by atoms with Crippen molar-refractivity contribution in [3.63, 3.8) is 0 Å². The van der Waals surface area contributed by atoms with Crippen LogP contribution in [0.2, 0.25) is 0 Å². The van der Waals surface area contributed by atoms with Crippen LogP contribution in [0.5, 0.6) is 0 Å². The van der Waals surface area contributed by atoms with E-state index in [1.54, 1.807) is 18.2 Å². The van der Waals surface area contributed by atoms with E-state index in [1.165, 1.54) is 6.42 Å². The quantitative estimate of drug-likeness (QED) is 0.627. The van der Waals surface area contributed by atoms with Crippen molar-refractivity contribution >= 4 is 22.6 Å². The molecule has 1 aliphatic heterocycles. The molecule has 1 aromatic heterocycles. The number of carboxylic acid groups (broad SMARTS) is 1. The minimum atomic E-state index is -0.973. The molecule has 2 heterocycles. The third-order valence-electron chi connectivity index (χ3n) is 7.09. The number of fused-ring (bicyclic) bond motifs is 3. The van der Waals surface area contributed by atoms with Gasteiger partial charge in [0.25, 0.3) is 5.56 Å². The molecule has 1 aliphatic carbocycles. The van der Waals surface area contributed by atoms with Crippen LogP contribution < -0.4 is 10.9 Å². The highest BCUT2D eigenvalue weighted by Gasteiger charge is 2.49. The summed E-state index contributed by atoms with van der Waals surface area (Å²) in [6, 6.07) is 10.8. The van der Waals surface area contributed by atoms with Gasteiger partial charge in [0.1, 0.15) is 5.82 Å². The number of aromatic nitrogens is 2. The zero-order valence-corrected chi connectivity index (χ0v) is 18.1. The molecule has 31 heavy (non-hydrogen) atoms. The summed E-state index contributed by atoms with van der Waals surface area (Å²) in [6.45, 7) is 6.09. The lowest BCUT2D eigenvalue weighted by Crippen LogP contribution is -2.34. The number of hydrogen-bond donors (Lipinski definition) is 2. The number of aryl methyl sites for hydroxylation is 1. The van der Waals surface area contributed by atoms with E-state index < -0.39 is 5.97 Å². The number of rotatable bonds is 4. The van der Waals surface area contributed by atoms with Gasteiger partial charge >= 0.3 is 5.97 Å². The van der Waals surface area contributed by atoms with E-state index in [0.717, 1.165) is 41.7 Å². The smallest absolute Gasteiger partial charge is 0.337 e. The first-order valence-corrected chi connectivity index (χ1v) is 11.0. The predicted octanol–water partition coefficient (Wildman–Crippen LogP) is 4.96. The van der Waals surface area contributed by atoms with Crippen LogP contribution in [0.1, 0.15) is 78.9 Å². The van der Waals surface area contributed by atoms with Crippen LogP contribution in [-0.4, -0.2) is 20.6 Å². The summed E-state index contributed by atoms with van der Waals surface area (Å²) >= 11 is 0. The van der Waals surface area contributed by atoms with Crippen molar-refractivity contribution in [2.24, 2.45) is 0 Å². The summed E-state index contributed by atoms with van der Waals surface area (Å²) in [5, 5.41) is 13.5. The van der Waals surface area contributed by atoms with Crippen LogP contribution in [0, 0.1) is 6.92 Å². The maximum atomic E-state index is 13.5. The molecule has 2 aromatic carbocycles. The highest BCUT2D eigenvalue weighted by Crippen LogP contribution is 2.52. The predicted molar refractivity (Wildman–Crippen MR) is 121 cm³/mol. The normalized spacial score (nSPS) is 19.8. The summed E-state index contributed by atoms with van der Waals surface area (Å²) in [6.07, 6.45) is 4.36. The molecule has 0 radical (unpaired) electrons. The van der Waals surface area contributed by atoms with Crippen LogP contribution in [-0.2, 0) is 5.41 Å². The largest absolute Gasteiger partial charge is 0.478 e. The van der Waals surface area contributed by atoms with Crippen LogP contribution in [0.15, 0.2) is 41.2 Å². The number of anilines is 1. The van der Waals surface area contributed by atoms with E-state index in [0.29, 0.717) is 11.1 Å². The Morgan fingerprint density at radius 3 is 2.71 bits per heavy atom. The summed E-state index contributed by atoms with van der Waals surface area (Å²) < 4.78 is 1.92. The lowest BCUT2D eigenvalue weighted by molar-refractivity contribution is 0.0698. The number of nitrogens with one attached hydrogen (secondary N) is 1. The minimum Gasteiger partial charge on any atom is -0.478 e. The van der Waals surface area contributed by atoms with Gasteiger partial charge in [0.2, 0.25) is 0 Å². The van der Waals surface area contributed by atoms with Gasteiger partial charge in [-0.05, 0) is 63.8 Å². The molecule has 6 heteroatoms. The zero-order chi connectivity index (χ0) is 21.9. The standard InChI is InChI=1S/C25H27N3O3/c1-14-11-18(16(3)26-20-8-5-4-7-17(20)23(30)31)21-19(12-14)22(29)28-15(2)13-25(9-6-10-25)24(28)27-21/h4-5,7-8,11-12,15-16,26H,6,9-10,13H2,1-3H3,(H,30,31)/t15-,16-/m1/s1. The topological polar surface area (TPSA) is 84.2 Å². The van der Waals surface area contributed by atoms with Crippen molar-refractivity contribution in [3.05, 3.63) is 69.3 Å². The first-order chi connectivity index (χ1) is 14.8. The molecular formula is C25H27N3O3. The number of carbonyl (C=O) groups is 1. The van der Waals surface area contributed by atoms with Gasteiger partial charge in [-0.1, -0.05) is 24.6 Å². The molecular weight excluding hydrogens is 390 g/mol. The molecule has 3 aromatic rings. The molecule has 2 aliphatic rings. The zero-order valence-electron chi connectivity index (χ0n) is 18.1. The van der Waals surface area contributed by atoms with Gasteiger partial charge in [0.15, 0.2) is 0 Å². The second-order valence-corrected chi connectivity index (χ2v) is 9.26. The van der Waals surface area contributed by atoms with Crippen LogP contribution in [0.25, 0.3) is 10.9 Å². The molecule has 6 nitrogen and oxygen atoms in total. The average Bonchev–Trinajstić information content (AvgIpc) is 3.01. The summed E-state index contributed by atoms with van der Waals surface area (Å²) in [7, 11) is 0. The van der Waals surface area contributed by atoms with Crippen LogP contribution in [0.4, 0.5) is 5.69 Å². The fraction of sp³-hybridized carbons (Fsp3) is 0.400. The van der Waals surface area contributed by atoms with E-state index in [4.69, 9.17) is 4.98 Å². The maximum absolute atomic E-state index is 13.5. The third-order valence-corrected chi connectivity index (χ3v) is 7.09. The molecule has 0 amide bonds. The minimum absolute atomic E-state index is 0.0411. The highest BCUT2D eigenvalue weighted by molar-refractivity contribution is 5.94. The molecule has 1 spiro atoms. The second kappa shape index (κ2) is 6.94. The summed E-state index contributed by atoms with van der Waals surface area (Å²) in [5.74, 6) is -0.0357. The Labute approximate surface area is 180 Å². The molecule has 2 N–H and O–H groups in total. The van der Waals surface area contributed by atoms with Gasteiger partial charge in [-0.15, -0.1) is 0 Å². The highest BCUT2D eigenvalue weighted by atomic mass is 16.4. The number of aromatic carboxylic acids is 1. The maximum Gasteiger partial charge on any atom is 0.337 e. The van der Waals surface area contributed by atoms with E-state index in [2.05, 4.69) is 18.3 Å². The molecule has 0 unspecified atom stereocenters. The van der Waals surface area contributed by atoms with E-state index in [9.17, 15) is 14.7 Å². The first-order valence-electron chi connectivity index (χ1n) is 11.0. The molecule has 1 saturated carbocycles. The van der Waals surface area contributed by atoms with E-state index in [1.807, 2.05) is 30.5 Å². The SMILES string of the molecule is Cc1cc([C@@H](C)Nc2ccccc2C(=O)O)c2nc3n(c(=O)c2c1)[C@H](C)CC31CCC1. The fourth-order valence-corrected chi connectivity index (χ4v) is 5.48. The Bertz CT molecular complexity index is 1270. The Hall–Kier alpha value is -3.15. The Kier molecular flexibility index (Phi) is 4.43. The monoisotopic (exact) mass is 417 g/mol. The molecule has 5 rings (SSSR count). The lowest BCUT2D eigenvalue weighted by Gasteiger charge is -2.37.